The Bertz CT molecular complexity index is 910. The minimum atomic E-state index is -3.59. The molecule has 0 amide bonds. The fourth-order valence-corrected chi connectivity index (χ4v) is 5.41. The third-order valence-corrected chi connectivity index (χ3v) is 7.56. The minimum absolute atomic E-state index is 0.171. The Morgan fingerprint density at radius 3 is 2.20 bits per heavy atom. The summed E-state index contributed by atoms with van der Waals surface area (Å²) >= 11 is 0. The average molecular weight is 380 g/mol. The number of sulfonamides is 1. The summed E-state index contributed by atoms with van der Waals surface area (Å²) in [6, 6.07) is 10.2. The molecule has 1 saturated heterocycles. The Kier molecular flexibility index (Phi) is 5.21. The van der Waals surface area contributed by atoms with E-state index in [1.54, 1.807) is 48.8 Å². The molecule has 134 valence electrons. The number of pyridine rings is 1. The summed E-state index contributed by atoms with van der Waals surface area (Å²) in [5.41, 5.74) is 1.82. The first-order valence-electron chi connectivity index (χ1n) is 8.05. The quantitative estimate of drug-likeness (QED) is 0.854. The third-order valence-electron chi connectivity index (χ3n) is 4.43. The van der Waals surface area contributed by atoms with Crippen molar-refractivity contribution in [3.05, 3.63) is 59.9 Å². The van der Waals surface area contributed by atoms with E-state index in [9.17, 15) is 16.8 Å². The largest absolute Gasteiger partial charge is 0.265 e. The Labute approximate surface area is 148 Å². The molecule has 2 heterocycles. The molecule has 0 aliphatic carbocycles. The molecule has 1 fully saturated rings. The summed E-state index contributed by atoms with van der Waals surface area (Å²) in [7, 11) is -6.49. The van der Waals surface area contributed by atoms with Crippen LogP contribution in [0.2, 0.25) is 0 Å². The highest BCUT2D eigenvalue weighted by molar-refractivity contribution is 7.91. The molecule has 1 aliphatic rings. The first-order chi connectivity index (χ1) is 11.9. The van der Waals surface area contributed by atoms with Crippen LogP contribution in [0.1, 0.15) is 29.9 Å². The Balaban J connectivity index is 1.67. The Hall–Kier alpha value is -1.77. The van der Waals surface area contributed by atoms with Gasteiger partial charge in [0.15, 0.2) is 0 Å². The molecule has 1 aromatic heterocycles. The molecule has 1 aliphatic heterocycles. The van der Waals surface area contributed by atoms with Crippen molar-refractivity contribution in [2.45, 2.75) is 30.2 Å². The summed E-state index contributed by atoms with van der Waals surface area (Å²) in [5.74, 6) is 0.571. The van der Waals surface area contributed by atoms with Gasteiger partial charge in [-0.1, -0.05) is 12.1 Å². The van der Waals surface area contributed by atoms with Crippen molar-refractivity contribution in [2.24, 2.45) is 0 Å². The number of hydrogen-bond acceptors (Lipinski definition) is 5. The van der Waals surface area contributed by atoms with E-state index in [-0.39, 0.29) is 28.9 Å². The lowest BCUT2D eigenvalue weighted by Crippen LogP contribution is -2.24. The van der Waals surface area contributed by atoms with Gasteiger partial charge in [0.1, 0.15) is 9.84 Å². The summed E-state index contributed by atoms with van der Waals surface area (Å²) in [5, 5.41) is 0. The van der Waals surface area contributed by atoms with Crippen molar-refractivity contribution < 1.29 is 16.8 Å². The maximum Gasteiger partial charge on any atom is 0.240 e. The standard InChI is InChI=1S/C17H20N2O4S2/c20-24(21)11-7-16(8-12-24)15-1-3-17(4-2-15)25(22,23)19-13-14-5-9-18-10-6-14/h1-6,9-10,16,19H,7-8,11-13H2. The van der Waals surface area contributed by atoms with Crippen LogP contribution < -0.4 is 4.72 Å². The topological polar surface area (TPSA) is 93.2 Å². The van der Waals surface area contributed by atoms with E-state index in [4.69, 9.17) is 0 Å². The monoisotopic (exact) mass is 380 g/mol. The second-order valence-corrected chi connectivity index (χ2v) is 10.2. The van der Waals surface area contributed by atoms with Crippen molar-refractivity contribution in [2.75, 3.05) is 11.5 Å². The number of aromatic nitrogens is 1. The predicted molar refractivity (Wildman–Crippen MR) is 95.3 cm³/mol. The number of nitrogens with one attached hydrogen (secondary N) is 1. The molecule has 0 bridgehead atoms. The number of hydrogen-bond donors (Lipinski definition) is 1. The first kappa shape index (κ1) is 18.0. The minimum Gasteiger partial charge on any atom is -0.265 e. The number of nitrogens with zero attached hydrogens (tertiary/aromatic N) is 1. The molecule has 6 nitrogen and oxygen atoms in total. The molecular weight excluding hydrogens is 360 g/mol. The Morgan fingerprint density at radius 2 is 1.60 bits per heavy atom. The van der Waals surface area contributed by atoms with Gasteiger partial charge in [-0.3, -0.25) is 4.98 Å². The Morgan fingerprint density at radius 1 is 1.00 bits per heavy atom. The number of rotatable bonds is 5. The van der Waals surface area contributed by atoms with E-state index in [0.717, 1.165) is 11.1 Å². The van der Waals surface area contributed by atoms with Crippen LogP contribution in [-0.2, 0) is 26.4 Å². The molecular formula is C17H20N2O4S2. The molecule has 8 heteroatoms. The van der Waals surface area contributed by atoms with Crippen LogP contribution in [0.15, 0.2) is 53.7 Å². The van der Waals surface area contributed by atoms with Crippen molar-refractivity contribution >= 4 is 19.9 Å². The SMILES string of the molecule is O=S1(=O)CCC(c2ccc(S(=O)(=O)NCc3ccncc3)cc2)CC1. The van der Waals surface area contributed by atoms with E-state index in [1.807, 2.05) is 0 Å². The van der Waals surface area contributed by atoms with Crippen LogP contribution in [0, 0.1) is 0 Å². The maximum atomic E-state index is 12.4. The molecule has 0 unspecified atom stereocenters. The van der Waals surface area contributed by atoms with Gasteiger partial charge in [0.05, 0.1) is 16.4 Å². The van der Waals surface area contributed by atoms with E-state index in [0.29, 0.717) is 12.8 Å². The van der Waals surface area contributed by atoms with Crippen LogP contribution in [0.4, 0.5) is 0 Å². The summed E-state index contributed by atoms with van der Waals surface area (Å²) in [6.07, 6.45) is 4.41. The van der Waals surface area contributed by atoms with E-state index < -0.39 is 19.9 Å². The van der Waals surface area contributed by atoms with Gasteiger partial charge < -0.3 is 0 Å². The molecule has 1 N–H and O–H groups in total. The zero-order valence-corrected chi connectivity index (χ0v) is 15.3. The highest BCUT2D eigenvalue weighted by Gasteiger charge is 2.25. The molecule has 2 aromatic rings. The van der Waals surface area contributed by atoms with Gasteiger partial charge in [0, 0.05) is 18.9 Å². The molecule has 25 heavy (non-hydrogen) atoms. The number of benzene rings is 1. The molecule has 1 aromatic carbocycles. The van der Waals surface area contributed by atoms with Crippen LogP contribution in [0.5, 0.6) is 0 Å². The molecule has 0 radical (unpaired) electrons. The maximum absolute atomic E-state index is 12.4. The highest BCUT2D eigenvalue weighted by atomic mass is 32.2. The normalized spacial score (nSPS) is 18.1. The second kappa shape index (κ2) is 7.23. The summed E-state index contributed by atoms with van der Waals surface area (Å²) < 4.78 is 50.3. The summed E-state index contributed by atoms with van der Waals surface area (Å²) in [6.45, 7) is 0.201. The third kappa shape index (κ3) is 4.65. The van der Waals surface area contributed by atoms with E-state index >= 15 is 0 Å². The van der Waals surface area contributed by atoms with Crippen LogP contribution in [-0.4, -0.2) is 33.3 Å². The lowest BCUT2D eigenvalue weighted by Gasteiger charge is -2.22. The van der Waals surface area contributed by atoms with Gasteiger partial charge in [-0.15, -0.1) is 0 Å². The second-order valence-electron chi connectivity index (χ2n) is 6.18. The molecule has 0 spiro atoms. The van der Waals surface area contributed by atoms with Gasteiger partial charge in [-0.25, -0.2) is 21.6 Å². The fourth-order valence-electron chi connectivity index (χ4n) is 2.90. The van der Waals surface area contributed by atoms with E-state index in [2.05, 4.69) is 9.71 Å². The zero-order chi connectivity index (χ0) is 17.9. The average Bonchev–Trinajstić information content (AvgIpc) is 2.61. The predicted octanol–water partition coefficient (Wildman–Crippen LogP) is 1.85. The van der Waals surface area contributed by atoms with Crippen molar-refractivity contribution in [1.82, 2.24) is 9.71 Å². The van der Waals surface area contributed by atoms with Crippen molar-refractivity contribution in [1.29, 1.82) is 0 Å². The van der Waals surface area contributed by atoms with Gasteiger partial charge in [-0.2, -0.15) is 0 Å². The van der Waals surface area contributed by atoms with Gasteiger partial charge in [0.25, 0.3) is 0 Å². The summed E-state index contributed by atoms with van der Waals surface area (Å²) in [4.78, 5) is 4.10. The molecule has 0 saturated carbocycles. The number of sulfone groups is 1. The lowest BCUT2D eigenvalue weighted by atomic mass is 9.94. The van der Waals surface area contributed by atoms with E-state index in [1.165, 1.54) is 0 Å². The van der Waals surface area contributed by atoms with Crippen molar-refractivity contribution in [3.63, 3.8) is 0 Å². The van der Waals surface area contributed by atoms with Crippen LogP contribution in [0.25, 0.3) is 0 Å². The van der Waals surface area contributed by atoms with Gasteiger partial charge in [-0.05, 0) is 54.2 Å². The van der Waals surface area contributed by atoms with Gasteiger partial charge in [0.2, 0.25) is 10.0 Å². The highest BCUT2D eigenvalue weighted by Crippen LogP contribution is 2.29. The molecule has 0 atom stereocenters. The lowest BCUT2D eigenvalue weighted by molar-refractivity contribution is 0.550. The van der Waals surface area contributed by atoms with Crippen LogP contribution >= 0.6 is 0 Å². The smallest absolute Gasteiger partial charge is 0.240 e. The van der Waals surface area contributed by atoms with Crippen molar-refractivity contribution in [3.8, 4) is 0 Å². The van der Waals surface area contributed by atoms with Gasteiger partial charge >= 0.3 is 0 Å². The zero-order valence-electron chi connectivity index (χ0n) is 13.6. The fraction of sp³-hybridized carbons (Fsp3) is 0.353. The molecule has 3 rings (SSSR count). The first-order valence-corrected chi connectivity index (χ1v) is 11.4. The van der Waals surface area contributed by atoms with Crippen LogP contribution in [0.3, 0.4) is 0 Å².